The van der Waals surface area contributed by atoms with E-state index in [-0.39, 0.29) is 17.7 Å². The number of hydrogen-bond acceptors (Lipinski definition) is 5. The highest BCUT2D eigenvalue weighted by Gasteiger charge is 2.38. The van der Waals surface area contributed by atoms with Crippen LogP contribution in [0.15, 0.2) is 35.7 Å². The largest absolute Gasteiger partial charge is 0.480 e. The molecule has 4 rings (SSSR count). The number of carboxylic acids is 1. The summed E-state index contributed by atoms with van der Waals surface area (Å²) in [5.41, 5.74) is 2.19. The minimum absolute atomic E-state index is 0.146. The summed E-state index contributed by atoms with van der Waals surface area (Å²) in [6.07, 6.45) is 4.21. The Morgan fingerprint density at radius 3 is 2.58 bits per heavy atom. The lowest BCUT2D eigenvalue weighted by Gasteiger charge is -2.28. The molecule has 1 aliphatic rings. The molecular formula is C29H38N4O4S. The molecule has 0 bridgehead atoms. The van der Waals surface area contributed by atoms with Gasteiger partial charge >= 0.3 is 5.97 Å². The van der Waals surface area contributed by atoms with Gasteiger partial charge in [-0.1, -0.05) is 33.8 Å². The van der Waals surface area contributed by atoms with Crippen molar-refractivity contribution in [3.63, 3.8) is 0 Å². The van der Waals surface area contributed by atoms with Gasteiger partial charge in [-0.3, -0.25) is 9.59 Å². The molecule has 0 spiro atoms. The van der Waals surface area contributed by atoms with E-state index in [9.17, 15) is 19.5 Å². The van der Waals surface area contributed by atoms with Crippen molar-refractivity contribution in [3.8, 4) is 0 Å². The maximum absolute atomic E-state index is 13.4. The fraction of sp³-hybridized carbons (Fsp3) is 0.517. The Balaban J connectivity index is 1.62. The Labute approximate surface area is 228 Å². The zero-order valence-electron chi connectivity index (χ0n) is 22.6. The highest BCUT2D eigenvalue weighted by molar-refractivity contribution is 7.09. The van der Waals surface area contributed by atoms with E-state index in [1.54, 1.807) is 23.5 Å². The topological polar surface area (TPSA) is 105 Å². The summed E-state index contributed by atoms with van der Waals surface area (Å²) in [7, 11) is 0. The molecule has 1 aromatic carbocycles. The van der Waals surface area contributed by atoms with E-state index >= 15 is 0 Å². The molecular weight excluding hydrogens is 500 g/mol. The van der Waals surface area contributed by atoms with Crippen molar-refractivity contribution in [2.75, 3.05) is 6.54 Å². The summed E-state index contributed by atoms with van der Waals surface area (Å²) in [5.74, 6) is -0.547. The lowest BCUT2D eigenvalue weighted by Crippen LogP contribution is -2.52. The molecule has 3 heterocycles. The maximum atomic E-state index is 13.4. The summed E-state index contributed by atoms with van der Waals surface area (Å²) in [6, 6.07) is 8.40. The van der Waals surface area contributed by atoms with Crippen LogP contribution in [-0.2, 0) is 16.0 Å². The first kappa shape index (κ1) is 27.8. The second-order valence-electron chi connectivity index (χ2n) is 10.5. The van der Waals surface area contributed by atoms with E-state index < -0.39 is 18.1 Å². The molecule has 2 atom stereocenters. The van der Waals surface area contributed by atoms with Crippen molar-refractivity contribution >= 4 is 40.2 Å². The number of amides is 2. The zero-order chi connectivity index (χ0) is 27.4. The molecule has 3 aromatic rings. The Hall–Kier alpha value is -3.20. The molecule has 9 heteroatoms. The van der Waals surface area contributed by atoms with Crippen LogP contribution in [0.3, 0.4) is 0 Å². The highest BCUT2D eigenvalue weighted by atomic mass is 32.1. The Bertz CT molecular complexity index is 1280. The van der Waals surface area contributed by atoms with Gasteiger partial charge in [-0.15, -0.1) is 11.3 Å². The number of carboxylic acid groups (broad SMARTS) is 1. The van der Waals surface area contributed by atoms with Gasteiger partial charge in [0, 0.05) is 29.4 Å². The number of imidazole rings is 1. The first-order valence-electron chi connectivity index (χ1n) is 13.6. The summed E-state index contributed by atoms with van der Waals surface area (Å²) >= 11 is 1.71. The lowest BCUT2D eigenvalue weighted by molar-refractivity contribution is -0.149. The molecule has 2 N–H and O–H groups in total. The lowest BCUT2D eigenvalue weighted by atomic mass is 10.0. The number of hydrogen-bond donors (Lipinski definition) is 2. The van der Waals surface area contributed by atoms with Crippen LogP contribution in [0.25, 0.3) is 11.0 Å². The number of nitrogens with one attached hydrogen (secondary N) is 1. The Morgan fingerprint density at radius 2 is 1.95 bits per heavy atom. The normalized spacial score (nSPS) is 16.5. The van der Waals surface area contributed by atoms with Gasteiger partial charge in [-0.05, 0) is 67.7 Å². The van der Waals surface area contributed by atoms with Crippen molar-refractivity contribution in [2.45, 2.75) is 84.3 Å². The zero-order valence-corrected chi connectivity index (χ0v) is 23.5. The summed E-state index contributed by atoms with van der Waals surface area (Å²) in [4.78, 5) is 46.0. The predicted octanol–water partition coefficient (Wildman–Crippen LogP) is 5.27. The first-order valence-corrected chi connectivity index (χ1v) is 14.5. The number of thiophene rings is 1. The average Bonchev–Trinajstić information content (AvgIpc) is 3.64. The van der Waals surface area contributed by atoms with Gasteiger partial charge in [-0.2, -0.15) is 0 Å². The molecule has 1 fully saturated rings. The van der Waals surface area contributed by atoms with Crippen molar-refractivity contribution in [3.05, 3.63) is 52.0 Å². The molecule has 0 saturated carbocycles. The quantitative estimate of drug-likeness (QED) is 0.346. The van der Waals surface area contributed by atoms with Crippen LogP contribution in [0.4, 0.5) is 0 Å². The smallest absolute Gasteiger partial charge is 0.326 e. The number of aromatic nitrogens is 2. The van der Waals surface area contributed by atoms with Crippen molar-refractivity contribution in [1.29, 1.82) is 0 Å². The Morgan fingerprint density at radius 1 is 1.18 bits per heavy atom. The number of carbonyl (C=O) groups excluding carboxylic acids is 2. The van der Waals surface area contributed by atoms with E-state index in [1.807, 2.05) is 26.0 Å². The van der Waals surface area contributed by atoms with Crippen LogP contribution in [0.2, 0.25) is 0 Å². The number of benzene rings is 1. The SMILES string of the molecule is CCC(CC)n1c(Cc2cccs2)nc2cc(C(=O)N[C@@H](CC(C)C)C(=O)N3CCC[C@@H]3C(=O)O)ccc21. The molecule has 2 amide bonds. The monoisotopic (exact) mass is 538 g/mol. The fourth-order valence-corrected chi connectivity index (χ4v) is 6.17. The third-order valence-electron chi connectivity index (χ3n) is 7.38. The average molecular weight is 539 g/mol. The van der Waals surface area contributed by atoms with Crippen molar-refractivity contribution < 1.29 is 19.5 Å². The molecule has 8 nitrogen and oxygen atoms in total. The van der Waals surface area contributed by atoms with Crippen LogP contribution < -0.4 is 5.32 Å². The van der Waals surface area contributed by atoms with Gasteiger partial charge in [0.25, 0.3) is 5.91 Å². The van der Waals surface area contributed by atoms with Gasteiger partial charge in [0.2, 0.25) is 5.91 Å². The van der Waals surface area contributed by atoms with Crippen LogP contribution in [-0.4, -0.2) is 56.0 Å². The van der Waals surface area contributed by atoms with Crippen LogP contribution in [0, 0.1) is 5.92 Å². The summed E-state index contributed by atoms with van der Waals surface area (Å²) in [6.45, 7) is 8.72. The number of fused-ring (bicyclic) bond motifs is 1. The third kappa shape index (κ3) is 5.93. The van der Waals surface area contributed by atoms with E-state index in [0.29, 0.717) is 37.4 Å². The number of aliphatic carboxylic acids is 1. The van der Waals surface area contributed by atoms with Gasteiger partial charge in [0.1, 0.15) is 17.9 Å². The van der Waals surface area contributed by atoms with Crippen LogP contribution in [0.5, 0.6) is 0 Å². The standard InChI is InChI=1S/C29H38N4O4S/c1-5-20(6-2)33-24-12-11-19(16-22(24)30-26(33)17-21-9-8-14-38-21)27(34)31-23(15-18(3)4)28(35)32-13-7-10-25(32)29(36)37/h8-9,11-12,14,16,18,20,23,25H,5-7,10,13,15,17H2,1-4H3,(H,31,34)(H,36,37)/t23-,25+/m0/s1. The van der Waals surface area contributed by atoms with Gasteiger partial charge < -0.3 is 19.9 Å². The predicted molar refractivity (Wildman–Crippen MR) is 150 cm³/mol. The Kier molecular flexibility index (Phi) is 8.87. The van der Waals surface area contributed by atoms with Crippen LogP contribution >= 0.6 is 11.3 Å². The van der Waals surface area contributed by atoms with Gasteiger partial charge in [-0.25, -0.2) is 9.78 Å². The number of rotatable bonds is 11. The first-order chi connectivity index (χ1) is 18.2. The summed E-state index contributed by atoms with van der Waals surface area (Å²) < 4.78 is 2.31. The molecule has 0 aliphatic carbocycles. The summed E-state index contributed by atoms with van der Waals surface area (Å²) in [5, 5.41) is 14.5. The molecule has 204 valence electrons. The molecule has 0 radical (unpaired) electrons. The fourth-order valence-electron chi connectivity index (χ4n) is 5.47. The number of carbonyl (C=O) groups is 3. The number of likely N-dealkylation sites (tertiary alicyclic amines) is 1. The second-order valence-corrected chi connectivity index (χ2v) is 11.5. The molecule has 2 aromatic heterocycles. The van der Waals surface area contributed by atoms with Crippen LogP contribution in [0.1, 0.15) is 86.9 Å². The van der Waals surface area contributed by atoms with Gasteiger partial charge in [0.05, 0.1) is 11.0 Å². The molecule has 38 heavy (non-hydrogen) atoms. The van der Waals surface area contributed by atoms with Crippen molar-refractivity contribution in [2.24, 2.45) is 5.92 Å². The second kappa shape index (κ2) is 12.1. The van der Waals surface area contributed by atoms with Gasteiger partial charge in [0.15, 0.2) is 0 Å². The number of nitrogens with zero attached hydrogens (tertiary/aromatic N) is 3. The minimum Gasteiger partial charge on any atom is -0.480 e. The minimum atomic E-state index is -0.998. The molecule has 1 saturated heterocycles. The molecule has 0 unspecified atom stereocenters. The van der Waals surface area contributed by atoms with E-state index in [1.165, 1.54) is 9.78 Å². The highest BCUT2D eigenvalue weighted by Crippen LogP contribution is 2.29. The molecule has 1 aliphatic heterocycles. The third-order valence-corrected chi connectivity index (χ3v) is 8.25. The van der Waals surface area contributed by atoms with Crippen molar-refractivity contribution in [1.82, 2.24) is 19.8 Å². The van der Waals surface area contributed by atoms with E-state index in [0.717, 1.165) is 36.1 Å². The maximum Gasteiger partial charge on any atom is 0.326 e. The van der Waals surface area contributed by atoms with E-state index in [2.05, 4.69) is 35.2 Å². The van der Waals surface area contributed by atoms with E-state index in [4.69, 9.17) is 4.98 Å².